The number of hydrogen-bond donors (Lipinski definition) is 2. The Bertz CT molecular complexity index is 621. The normalized spacial score (nSPS) is 23.4. The lowest BCUT2D eigenvalue weighted by atomic mass is 10.0. The molecule has 2 unspecified atom stereocenters. The van der Waals surface area contributed by atoms with E-state index in [1.165, 1.54) is 0 Å². The second-order valence-corrected chi connectivity index (χ2v) is 6.53. The molecule has 0 aromatic heterocycles. The van der Waals surface area contributed by atoms with Crippen molar-refractivity contribution >= 4 is 17.5 Å². The molecule has 0 bridgehead atoms. The lowest BCUT2D eigenvalue weighted by Crippen LogP contribution is -2.47. The lowest BCUT2D eigenvalue weighted by Gasteiger charge is -2.25. The van der Waals surface area contributed by atoms with E-state index in [-0.39, 0.29) is 30.2 Å². The van der Waals surface area contributed by atoms with Crippen molar-refractivity contribution in [1.82, 2.24) is 10.6 Å². The van der Waals surface area contributed by atoms with Gasteiger partial charge in [-0.25, -0.2) is 0 Å². The second-order valence-electron chi connectivity index (χ2n) is 6.53. The van der Waals surface area contributed by atoms with Gasteiger partial charge in [0.25, 0.3) is 0 Å². The van der Waals surface area contributed by atoms with Gasteiger partial charge in [-0.2, -0.15) is 0 Å². The molecule has 136 valence electrons. The summed E-state index contributed by atoms with van der Waals surface area (Å²) in [5, 5.41) is 6.35. The summed E-state index contributed by atoms with van der Waals surface area (Å²) < 4.78 is 10.5. The topological polar surface area (TPSA) is 79.9 Å². The van der Waals surface area contributed by atoms with Gasteiger partial charge in [0.1, 0.15) is 11.5 Å². The largest absolute Gasteiger partial charge is 0.497 e. The Morgan fingerprint density at radius 2 is 1.96 bits per heavy atom. The van der Waals surface area contributed by atoms with Crippen molar-refractivity contribution in [2.45, 2.75) is 25.3 Å². The molecule has 2 atom stereocenters. The first kappa shape index (κ1) is 17.5. The number of nitrogens with zero attached hydrogens (tertiary/aromatic N) is 1. The van der Waals surface area contributed by atoms with E-state index in [4.69, 9.17) is 9.47 Å². The summed E-state index contributed by atoms with van der Waals surface area (Å²) in [5.41, 5.74) is 0.691. The van der Waals surface area contributed by atoms with Crippen molar-refractivity contribution < 1.29 is 19.1 Å². The maximum absolute atomic E-state index is 12.5. The van der Waals surface area contributed by atoms with E-state index < -0.39 is 0 Å². The van der Waals surface area contributed by atoms with Crippen LogP contribution in [0.3, 0.4) is 0 Å². The molecule has 3 rings (SSSR count). The molecule has 2 heterocycles. The average Bonchev–Trinajstić information content (AvgIpc) is 3.04. The van der Waals surface area contributed by atoms with Gasteiger partial charge in [-0.15, -0.1) is 0 Å². The summed E-state index contributed by atoms with van der Waals surface area (Å²) in [5.74, 6) is 0.801. The number of anilines is 1. The first-order chi connectivity index (χ1) is 12.1. The maximum Gasteiger partial charge on any atom is 0.227 e. The van der Waals surface area contributed by atoms with Crippen LogP contribution in [0.25, 0.3) is 0 Å². The summed E-state index contributed by atoms with van der Waals surface area (Å²) in [6.07, 6.45) is 2.27. The van der Waals surface area contributed by atoms with Gasteiger partial charge in [-0.05, 0) is 19.4 Å². The molecular formula is C18H25N3O4. The van der Waals surface area contributed by atoms with E-state index in [1.807, 2.05) is 0 Å². The number of ether oxygens (including phenoxy) is 2. The van der Waals surface area contributed by atoms with Crippen LogP contribution in [-0.4, -0.2) is 51.7 Å². The van der Waals surface area contributed by atoms with Crippen LogP contribution in [0.1, 0.15) is 19.3 Å². The van der Waals surface area contributed by atoms with Crippen LogP contribution in [0.2, 0.25) is 0 Å². The first-order valence-corrected chi connectivity index (χ1v) is 8.65. The van der Waals surface area contributed by atoms with E-state index in [2.05, 4.69) is 10.6 Å². The van der Waals surface area contributed by atoms with Gasteiger partial charge in [-0.1, -0.05) is 0 Å². The Morgan fingerprint density at radius 3 is 2.56 bits per heavy atom. The SMILES string of the molecule is COc1cc(OC)cc(N2CC(C(=O)NC3CCCNC3)CC2=O)c1. The highest BCUT2D eigenvalue weighted by molar-refractivity contribution is 6.00. The van der Waals surface area contributed by atoms with Crippen LogP contribution in [0.5, 0.6) is 11.5 Å². The number of amides is 2. The van der Waals surface area contributed by atoms with Crippen molar-refractivity contribution in [1.29, 1.82) is 0 Å². The number of carbonyl (C=O) groups is 2. The minimum absolute atomic E-state index is 0.0422. The van der Waals surface area contributed by atoms with Gasteiger partial charge in [0.2, 0.25) is 11.8 Å². The number of rotatable bonds is 5. The van der Waals surface area contributed by atoms with Crippen LogP contribution in [-0.2, 0) is 9.59 Å². The van der Waals surface area contributed by atoms with Gasteiger partial charge < -0.3 is 25.0 Å². The third kappa shape index (κ3) is 4.04. The molecule has 2 aliphatic heterocycles. The number of piperidine rings is 1. The second kappa shape index (κ2) is 7.74. The van der Waals surface area contributed by atoms with Gasteiger partial charge in [0, 0.05) is 43.8 Å². The quantitative estimate of drug-likeness (QED) is 0.828. The summed E-state index contributed by atoms with van der Waals surface area (Å²) in [4.78, 5) is 26.6. The van der Waals surface area contributed by atoms with Crippen molar-refractivity contribution in [2.24, 2.45) is 5.92 Å². The standard InChI is InChI=1S/C18H25N3O4/c1-24-15-7-14(8-16(9-15)25-2)21-11-12(6-17(21)22)18(23)20-13-4-3-5-19-10-13/h7-9,12-13,19H,3-6,10-11H2,1-2H3,(H,20,23). The third-order valence-electron chi connectivity index (χ3n) is 4.79. The Labute approximate surface area is 147 Å². The van der Waals surface area contributed by atoms with Crippen LogP contribution in [0.4, 0.5) is 5.69 Å². The van der Waals surface area contributed by atoms with E-state index >= 15 is 0 Å². The molecule has 0 saturated carbocycles. The molecule has 2 amide bonds. The molecule has 25 heavy (non-hydrogen) atoms. The number of carbonyl (C=O) groups excluding carboxylic acids is 2. The maximum atomic E-state index is 12.5. The minimum atomic E-state index is -0.327. The highest BCUT2D eigenvalue weighted by Crippen LogP contribution is 2.32. The Hall–Kier alpha value is -2.28. The van der Waals surface area contributed by atoms with E-state index in [9.17, 15) is 9.59 Å². The molecule has 7 nitrogen and oxygen atoms in total. The zero-order valence-corrected chi connectivity index (χ0v) is 14.7. The molecular weight excluding hydrogens is 322 g/mol. The molecule has 1 aromatic carbocycles. The van der Waals surface area contributed by atoms with Gasteiger partial charge in [0.15, 0.2) is 0 Å². The number of nitrogens with one attached hydrogen (secondary N) is 2. The summed E-state index contributed by atoms with van der Waals surface area (Å²) >= 11 is 0. The fraction of sp³-hybridized carbons (Fsp3) is 0.556. The van der Waals surface area contributed by atoms with Gasteiger partial charge in [-0.3, -0.25) is 9.59 Å². The molecule has 2 saturated heterocycles. The van der Waals surface area contributed by atoms with Gasteiger partial charge >= 0.3 is 0 Å². The van der Waals surface area contributed by atoms with E-state index in [1.54, 1.807) is 37.3 Å². The van der Waals surface area contributed by atoms with Crippen molar-refractivity contribution in [2.75, 3.05) is 38.8 Å². The first-order valence-electron chi connectivity index (χ1n) is 8.65. The highest BCUT2D eigenvalue weighted by atomic mass is 16.5. The van der Waals surface area contributed by atoms with Crippen LogP contribution in [0.15, 0.2) is 18.2 Å². The van der Waals surface area contributed by atoms with Crippen molar-refractivity contribution in [3.8, 4) is 11.5 Å². The molecule has 0 radical (unpaired) electrons. The summed E-state index contributed by atoms with van der Waals surface area (Å²) in [6, 6.07) is 5.48. The Balaban J connectivity index is 1.68. The zero-order valence-electron chi connectivity index (χ0n) is 14.7. The van der Waals surface area contributed by atoms with Crippen LogP contribution < -0.4 is 25.0 Å². The molecule has 2 N–H and O–H groups in total. The van der Waals surface area contributed by atoms with Crippen molar-refractivity contribution in [3.63, 3.8) is 0 Å². The molecule has 0 aliphatic carbocycles. The lowest BCUT2D eigenvalue weighted by molar-refractivity contribution is -0.127. The predicted octanol–water partition coefficient (Wildman–Crippen LogP) is 0.925. The fourth-order valence-electron chi connectivity index (χ4n) is 3.38. The van der Waals surface area contributed by atoms with Crippen LogP contribution >= 0.6 is 0 Å². The summed E-state index contributed by atoms with van der Waals surface area (Å²) in [6.45, 7) is 2.17. The third-order valence-corrected chi connectivity index (χ3v) is 4.79. The Kier molecular flexibility index (Phi) is 5.43. The number of hydrogen-bond acceptors (Lipinski definition) is 5. The molecule has 2 aliphatic rings. The molecule has 7 heteroatoms. The highest BCUT2D eigenvalue weighted by Gasteiger charge is 2.36. The summed E-state index contributed by atoms with van der Waals surface area (Å²) in [7, 11) is 3.14. The molecule has 1 aromatic rings. The fourth-order valence-corrected chi connectivity index (χ4v) is 3.38. The number of benzene rings is 1. The van der Waals surface area contributed by atoms with Crippen LogP contribution in [0, 0.1) is 5.92 Å². The smallest absolute Gasteiger partial charge is 0.227 e. The average molecular weight is 347 g/mol. The van der Waals surface area contributed by atoms with Crippen molar-refractivity contribution in [3.05, 3.63) is 18.2 Å². The van der Waals surface area contributed by atoms with Gasteiger partial charge in [0.05, 0.1) is 25.8 Å². The monoisotopic (exact) mass is 347 g/mol. The zero-order chi connectivity index (χ0) is 17.8. The molecule has 2 fully saturated rings. The van der Waals surface area contributed by atoms with E-state index in [0.717, 1.165) is 25.9 Å². The predicted molar refractivity (Wildman–Crippen MR) is 94.0 cm³/mol. The van der Waals surface area contributed by atoms with E-state index in [0.29, 0.717) is 23.7 Å². The Morgan fingerprint density at radius 1 is 1.24 bits per heavy atom. The minimum Gasteiger partial charge on any atom is -0.497 e. The number of methoxy groups -OCH3 is 2. The molecule has 0 spiro atoms.